The summed E-state index contributed by atoms with van der Waals surface area (Å²) in [7, 11) is 0. The lowest BCUT2D eigenvalue weighted by Gasteiger charge is -2.15. The number of hydrogen-bond acceptors (Lipinski definition) is 5. The molecule has 5 nitrogen and oxygen atoms in total. The highest BCUT2D eigenvalue weighted by molar-refractivity contribution is 5.70. The highest BCUT2D eigenvalue weighted by Crippen LogP contribution is 2.10. The maximum Gasteiger partial charge on any atom is 0.306 e. The molecule has 0 amide bonds. The number of ether oxygens (including phenoxy) is 2. The van der Waals surface area contributed by atoms with Crippen molar-refractivity contribution in [3.63, 3.8) is 0 Å². The molecule has 1 N–H and O–H groups in total. The minimum atomic E-state index is -0.802. The van der Waals surface area contributed by atoms with Crippen LogP contribution in [-0.4, -0.2) is 36.4 Å². The number of aliphatic hydroxyl groups is 1. The van der Waals surface area contributed by atoms with Crippen molar-refractivity contribution in [3.8, 4) is 0 Å². The fraction of sp³-hybridized carbons (Fsp3) is 0.581. The van der Waals surface area contributed by atoms with Crippen molar-refractivity contribution in [1.82, 2.24) is 0 Å². The molecule has 0 aliphatic heterocycles. The van der Waals surface area contributed by atoms with Gasteiger partial charge in [-0.1, -0.05) is 137 Å². The standard InChI is InChI=1S/C43H68O5/c1-3-5-7-9-11-13-15-17-19-20-21-22-24-26-28-30-32-34-36-38-43(46)48-41(39-44)40-47-42(45)37-35-33-31-29-27-25-23-18-16-14-12-10-8-6-4-2/h5-8,11-14,17-19,21-23,26,28,41,44H,3-4,9-10,15-16,20,24-25,27,29-40H2,1-2H3/b7-5-,8-6-,13-11-,14-12-,19-17-,22-21-,23-18-,28-26-. The van der Waals surface area contributed by atoms with Crippen molar-refractivity contribution in [2.75, 3.05) is 13.2 Å². The summed E-state index contributed by atoms with van der Waals surface area (Å²) in [5.74, 6) is -0.660. The summed E-state index contributed by atoms with van der Waals surface area (Å²) in [5, 5.41) is 9.54. The lowest BCUT2D eigenvalue weighted by atomic mass is 10.1. The molecule has 270 valence electrons. The maximum atomic E-state index is 12.2. The number of allylic oxidation sites excluding steroid dienone is 16. The van der Waals surface area contributed by atoms with Crippen LogP contribution in [0, 0.1) is 0 Å². The molecule has 0 saturated heterocycles. The molecule has 48 heavy (non-hydrogen) atoms. The molecule has 0 rings (SSSR count). The van der Waals surface area contributed by atoms with Gasteiger partial charge in [-0.05, 0) is 89.9 Å². The van der Waals surface area contributed by atoms with Gasteiger partial charge in [0.2, 0.25) is 0 Å². The first-order chi connectivity index (χ1) is 23.6. The van der Waals surface area contributed by atoms with Crippen LogP contribution in [0.25, 0.3) is 0 Å². The zero-order valence-electron chi connectivity index (χ0n) is 30.5. The Bertz CT molecular complexity index is 979. The molecule has 1 atom stereocenters. The predicted octanol–water partition coefficient (Wildman–Crippen LogP) is 11.7. The zero-order chi connectivity index (χ0) is 35.0. The summed E-state index contributed by atoms with van der Waals surface area (Å²) in [6.45, 7) is 3.84. The van der Waals surface area contributed by atoms with Crippen molar-refractivity contribution in [3.05, 3.63) is 97.2 Å². The minimum Gasteiger partial charge on any atom is -0.462 e. The monoisotopic (exact) mass is 665 g/mol. The summed E-state index contributed by atoms with van der Waals surface area (Å²) in [6.07, 6.45) is 53.2. The van der Waals surface area contributed by atoms with Gasteiger partial charge in [0.25, 0.3) is 0 Å². The van der Waals surface area contributed by atoms with E-state index in [1.54, 1.807) is 0 Å². The third-order valence-corrected chi connectivity index (χ3v) is 7.37. The summed E-state index contributed by atoms with van der Waals surface area (Å²) >= 11 is 0. The van der Waals surface area contributed by atoms with Gasteiger partial charge >= 0.3 is 11.9 Å². The van der Waals surface area contributed by atoms with Crippen LogP contribution < -0.4 is 0 Å². The first kappa shape index (κ1) is 44.8. The van der Waals surface area contributed by atoms with Gasteiger partial charge in [-0.25, -0.2) is 0 Å². The van der Waals surface area contributed by atoms with Crippen molar-refractivity contribution in [2.45, 2.75) is 148 Å². The quantitative estimate of drug-likeness (QED) is 0.0440. The summed E-state index contributed by atoms with van der Waals surface area (Å²) in [5.41, 5.74) is 0. The fourth-order valence-corrected chi connectivity index (χ4v) is 4.59. The molecule has 0 radical (unpaired) electrons. The van der Waals surface area contributed by atoms with Crippen LogP contribution in [0.5, 0.6) is 0 Å². The van der Waals surface area contributed by atoms with Gasteiger partial charge in [0.1, 0.15) is 6.61 Å². The predicted molar refractivity (Wildman–Crippen MR) is 205 cm³/mol. The molecule has 0 aromatic heterocycles. The molecule has 0 heterocycles. The Kier molecular flexibility index (Phi) is 35.7. The van der Waals surface area contributed by atoms with E-state index < -0.39 is 6.10 Å². The zero-order valence-corrected chi connectivity index (χ0v) is 30.5. The Balaban J connectivity index is 3.71. The van der Waals surface area contributed by atoms with E-state index in [4.69, 9.17) is 9.47 Å². The molecule has 0 aromatic carbocycles. The van der Waals surface area contributed by atoms with Gasteiger partial charge < -0.3 is 14.6 Å². The average molecular weight is 665 g/mol. The Labute approximate surface area is 294 Å². The second-order valence-electron chi connectivity index (χ2n) is 11.9. The van der Waals surface area contributed by atoms with Crippen LogP contribution in [0.1, 0.15) is 142 Å². The largest absolute Gasteiger partial charge is 0.462 e. The number of carbonyl (C=O) groups excluding carboxylic acids is 2. The number of unbranched alkanes of at least 4 members (excludes halogenated alkanes) is 8. The molecule has 0 aliphatic carbocycles. The third-order valence-electron chi connectivity index (χ3n) is 7.37. The van der Waals surface area contributed by atoms with Gasteiger partial charge in [-0.2, -0.15) is 0 Å². The Morgan fingerprint density at radius 1 is 0.479 bits per heavy atom. The van der Waals surface area contributed by atoms with Crippen molar-refractivity contribution >= 4 is 11.9 Å². The van der Waals surface area contributed by atoms with E-state index in [-0.39, 0.29) is 25.2 Å². The Morgan fingerprint density at radius 2 is 0.833 bits per heavy atom. The van der Waals surface area contributed by atoms with Crippen LogP contribution in [0.3, 0.4) is 0 Å². The average Bonchev–Trinajstić information content (AvgIpc) is 3.09. The van der Waals surface area contributed by atoms with E-state index in [0.29, 0.717) is 12.8 Å². The topological polar surface area (TPSA) is 72.8 Å². The molecule has 0 spiro atoms. The molecule has 0 aromatic rings. The van der Waals surface area contributed by atoms with Gasteiger partial charge in [0, 0.05) is 12.8 Å². The van der Waals surface area contributed by atoms with Gasteiger partial charge in [-0.3, -0.25) is 9.59 Å². The van der Waals surface area contributed by atoms with E-state index >= 15 is 0 Å². The summed E-state index contributed by atoms with van der Waals surface area (Å²) in [4.78, 5) is 24.2. The number of hydrogen-bond donors (Lipinski definition) is 1. The Morgan fingerprint density at radius 3 is 1.27 bits per heavy atom. The highest BCUT2D eigenvalue weighted by Gasteiger charge is 2.16. The van der Waals surface area contributed by atoms with E-state index in [0.717, 1.165) is 116 Å². The minimum absolute atomic E-state index is 0.0951. The Hall–Kier alpha value is -3.18. The van der Waals surface area contributed by atoms with E-state index in [1.807, 2.05) is 0 Å². The molecule has 0 saturated carbocycles. The third kappa shape index (κ3) is 35.7. The van der Waals surface area contributed by atoms with Crippen LogP contribution in [0.2, 0.25) is 0 Å². The van der Waals surface area contributed by atoms with Gasteiger partial charge in [0.05, 0.1) is 6.61 Å². The van der Waals surface area contributed by atoms with Gasteiger partial charge in [-0.15, -0.1) is 0 Å². The number of carbonyl (C=O) groups is 2. The SMILES string of the molecule is CC/C=C\C/C=C\C/C=C\C/C=C\C/C=C\CCCCCC(=O)OC(CO)COC(=O)CCCCCCC/C=C\C/C=C\C/C=C\CC. The van der Waals surface area contributed by atoms with Gasteiger partial charge in [0.15, 0.2) is 6.10 Å². The highest BCUT2D eigenvalue weighted by atomic mass is 16.6. The number of aliphatic hydroxyl groups excluding tert-OH is 1. The molecule has 0 fully saturated rings. The van der Waals surface area contributed by atoms with Crippen LogP contribution in [0.15, 0.2) is 97.2 Å². The maximum absolute atomic E-state index is 12.2. The fourth-order valence-electron chi connectivity index (χ4n) is 4.59. The van der Waals surface area contributed by atoms with E-state index in [9.17, 15) is 14.7 Å². The first-order valence-electron chi connectivity index (χ1n) is 18.8. The summed E-state index contributed by atoms with van der Waals surface area (Å²) < 4.78 is 10.6. The van der Waals surface area contributed by atoms with E-state index in [1.165, 1.54) is 0 Å². The first-order valence-corrected chi connectivity index (χ1v) is 18.8. The van der Waals surface area contributed by atoms with E-state index in [2.05, 4.69) is 111 Å². The van der Waals surface area contributed by atoms with Crippen molar-refractivity contribution < 1.29 is 24.2 Å². The lowest BCUT2D eigenvalue weighted by molar-refractivity contribution is -0.161. The number of rotatable bonds is 32. The van der Waals surface area contributed by atoms with Crippen molar-refractivity contribution in [2.24, 2.45) is 0 Å². The molecule has 5 heteroatoms. The molecular formula is C43H68O5. The van der Waals surface area contributed by atoms with Crippen LogP contribution >= 0.6 is 0 Å². The second-order valence-corrected chi connectivity index (χ2v) is 11.9. The molecule has 0 bridgehead atoms. The molecule has 0 aliphatic rings. The second kappa shape index (κ2) is 38.3. The van der Waals surface area contributed by atoms with Crippen molar-refractivity contribution in [1.29, 1.82) is 0 Å². The summed E-state index contributed by atoms with van der Waals surface area (Å²) in [6, 6.07) is 0. The van der Waals surface area contributed by atoms with Crippen LogP contribution in [-0.2, 0) is 19.1 Å². The van der Waals surface area contributed by atoms with Crippen LogP contribution in [0.4, 0.5) is 0 Å². The lowest BCUT2D eigenvalue weighted by Crippen LogP contribution is -2.28. The smallest absolute Gasteiger partial charge is 0.306 e. The normalized spacial score (nSPS) is 13.3. The number of esters is 2. The molecular weight excluding hydrogens is 596 g/mol. The molecule has 1 unspecified atom stereocenters.